The van der Waals surface area contributed by atoms with Crippen LogP contribution in [0.25, 0.3) is 27.4 Å². The lowest BCUT2D eigenvalue weighted by molar-refractivity contribution is 0.597. The summed E-state index contributed by atoms with van der Waals surface area (Å²) < 4.78 is 0. The van der Waals surface area contributed by atoms with E-state index in [4.69, 9.17) is 39.7 Å². The summed E-state index contributed by atoms with van der Waals surface area (Å²) in [7, 11) is 0. The van der Waals surface area contributed by atoms with Gasteiger partial charge in [-0.05, 0) is 61.9 Å². The molecule has 0 radical (unpaired) electrons. The summed E-state index contributed by atoms with van der Waals surface area (Å²) in [6, 6.07) is 24.4. The topological polar surface area (TPSA) is 53.9 Å². The highest BCUT2D eigenvalue weighted by Crippen LogP contribution is 2.34. The fourth-order valence-corrected chi connectivity index (χ4v) is 3.87. The molecular formula is C27H18Cl2N4. The van der Waals surface area contributed by atoms with E-state index in [9.17, 15) is 5.26 Å². The quantitative estimate of drug-likeness (QED) is 0.286. The highest BCUT2D eigenvalue weighted by Gasteiger charge is 2.27. The molecule has 0 atom stereocenters. The number of aromatic nitrogens is 2. The van der Waals surface area contributed by atoms with Gasteiger partial charge in [-0.25, -0.2) is 4.85 Å². The van der Waals surface area contributed by atoms with Crippen molar-refractivity contribution >= 4 is 28.9 Å². The van der Waals surface area contributed by atoms with E-state index < -0.39 is 5.41 Å². The fourth-order valence-electron chi connectivity index (χ4n) is 3.55. The molecule has 2 aromatic carbocycles. The van der Waals surface area contributed by atoms with Gasteiger partial charge in [0.1, 0.15) is 6.07 Å². The van der Waals surface area contributed by atoms with Crippen LogP contribution in [0.4, 0.5) is 5.69 Å². The van der Waals surface area contributed by atoms with Crippen LogP contribution in [0, 0.1) is 17.9 Å². The van der Waals surface area contributed by atoms with Crippen molar-refractivity contribution in [3.8, 4) is 28.6 Å². The van der Waals surface area contributed by atoms with Crippen LogP contribution in [0.2, 0.25) is 10.0 Å². The van der Waals surface area contributed by atoms with Gasteiger partial charge in [0.25, 0.3) is 0 Å². The van der Waals surface area contributed by atoms with Gasteiger partial charge in [0, 0.05) is 16.0 Å². The summed E-state index contributed by atoms with van der Waals surface area (Å²) >= 11 is 12.2. The van der Waals surface area contributed by atoms with Gasteiger partial charge < -0.3 is 0 Å². The van der Waals surface area contributed by atoms with Gasteiger partial charge in [0.05, 0.1) is 39.9 Å². The second-order valence-electron chi connectivity index (χ2n) is 8.03. The zero-order valence-corrected chi connectivity index (χ0v) is 19.5. The van der Waals surface area contributed by atoms with Crippen LogP contribution in [-0.2, 0) is 5.41 Å². The van der Waals surface area contributed by atoms with E-state index in [0.717, 1.165) is 33.9 Å². The molecule has 33 heavy (non-hydrogen) atoms. The van der Waals surface area contributed by atoms with E-state index >= 15 is 0 Å². The Balaban J connectivity index is 1.74. The lowest BCUT2D eigenvalue weighted by Crippen LogP contribution is -2.22. The average molecular weight is 469 g/mol. The van der Waals surface area contributed by atoms with Crippen molar-refractivity contribution in [3.63, 3.8) is 0 Å². The first-order valence-corrected chi connectivity index (χ1v) is 10.9. The summed E-state index contributed by atoms with van der Waals surface area (Å²) in [6.07, 6.45) is 0. The molecule has 2 aromatic heterocycles. The minimum absolute atomic E-state index is 0.398. The van der Waals surface area contributed by atoms with Crippen LogP contribution in [0.15, 0.2) is 72.8 Å². The first-order chi connectivity index (χ1) is 15.8. The smallest absolute Gasteiger partial charge is 0.206 e. The highest BCUT2D eigenvalue weighted by molar-refractivity contribution is 6.33. The fraction of sp³-hybridized carbons (Fsp3) is 0.111. The van der Waals surface area contributed by atoms with Gasteiger partial charge in [-0.15, -0.1) is 0 Å². The Kier molecular flexibility index (Phi) is 6.16. The van der Waals surface area contributed by atoms with Gasteiger partial charge >= 0.3 is 0 Å². The van der Waals surface area contributed by atoms with Gasteiger partial charge in [-0.3, -0.25) is 9.97 Å². The van der Waals surface area contributed by atoms with E-state index in [1.54, 1.807) is 24.3 Å². The van der Waals surface area contributed by atoms with Crippen molar-refractivity contribution in [2.45, 2.75) is 19.3 Å². The van der Waals surface area contributed by atoms with E-state index in [0.29, 0.717) is 21.3 Å². The van der Waals surface area contributed by atoms with Crippen molar-refractivity contribution in [3.05, 3.63) is 111 Å². The molecule has 0 amide bonds. The molecule has 0 N–H and O–H groups in total. The summed E-state index contributed by atoms with van der Waals surface area (Å²) in [5, 5.41) is 10.1. The molecule has 160 valence electrons. The summed E-state index contributed by atoms with van der Waals surface area (Å²) in [5.41, 5.74) is 5.17. The van der Waals surface area contributed by atoms with Crippen LogP contribution in [0.5, 0.6) is 0 Å². The standard InChI is InChI=1S/C27H18Cl2N4/c1-27(2,25-8-4-6-22(32-25)17-10-12-20(28)19(14-17)16-30)26-9-5-7-23(33-26)18-11-13-21(29)24(15-18)31-3/h4-15H,1-2H3. The number of rotatable bonds is 4. The van der Waals surface area contributed by atoms with Crippen molar-refractivity contribution < 1.29 is 0 Å². The lowest BCUT2D eigenvalue weighted by atomic mass is 9.84. The number of nitrogens with zero attached hydrogens (tertiary/aromatic N) is 4. The molecule has 2 heterocycles. The zero-order valence-electron chi connectivity index (χ0n) is 18.0. The predicted molar refractivity (Wildman–Crippen MR) is 132 cm³/mol. The van der Waals surface area contributed by atoms with E-state index in [1.807, 2.05) is 48.5 Å². The lowest BCUT2D eigenvalue weighted by Gasteiger charge is -2.25. The van der Waals surface area contributed by atoms with Crippen LogP contribution >= 0.6 is 23.2 Å². The minimum Gasteiger partial charge on any atom is -0.252 e. The molecule has 0 aliphatic carbocycles. The number of hydrogen-bond acceptors (Lipinski definition) is 3. The predicted octanol–water partition coefficient (Wildman–Crippen LogP) is 7.87. The Hall–Kier alpha value is -3.70. The Morgan fingerprint density at radius 2 is 1.36 bits per heavy atom. The van der Waals surface area contributed by atoms with Crippen LogP contribution in [0.3, 0.4) is 0 Å². The molecule has 0 aliphatic rings. The Morgan fingerprint density at radius 3 is 1.91 bits per heavy atom. The third-order valence-electron chi connectivity index (χ3n) is 5.52. The van der Waals surface area contributed by atoms with Crippen LogP contribution < -0.4 is 0 Å². The summed E-state index contributed by atoms with van der Waals surface area (Å²) in [6.45, 7) is 11.5. The van der Waals surface area contributed by atoms with Crippen molar-refractivity contribution in [2.24, 2.45) is 0 Å². The van der Waals surface area contributed by atoms with Crippen molar-refractivity contribution in [2.75, 3.05) is 0 Å². The molecule has 0 saturated carbocycles. The second-order valence-corrected chi connectivity index (χ2v) is 8.84. The molecule has 4 aromatic rings. The van der Waals surface area contributed by atoms with E-state index in [-0.39, 0.29) is 0 Å². The van der Waals surface area contributed by atoms with Crippen molar-refractivity contribution in [1.82, 2.24) is 9.97 Å². The average Bonchev–Trinajstić information content (AvgIpc) is 2.85. The van der Waals surface area contributed by atoms with Crippen LogP contribution in [-0.4, -0.2) is 9.97 Å². The minimum atomic E-state index is -0.494. The number of nitriles is 1. The normalized spacial score (nSPS) is 11.0. The number of benzene rings is 2. The molecular weight excluding hydrogens is 451 g/mol. The van der Waals surface area contributed by atoms with Gasteiger partial charge in [-0.1, -0.05) is 53.5 Å². The maximum absolute atomic E-state index is 9.30. The molecule has 4 nitrogen and oxygen atoms in total. The Morgan fingerprint density at radius 1 is 0.818 bits per heavy atom. The molecule has 6 heteroatoms. The molecule has 0 bridgehead atoms. The zero-order chi connectivity index (χ0) is 23.6. The summed E-state index contributed by atoms with van der Waals surface area (Å²) in [4.78, 5) is 13.3. The molecule has 0 unspecified atom stereocenters. The molecule has 0 saturated heterocycles. The maximum atomic E-state index is 9.30. The molecule has 0 fully saturated rings. The summed E-state index contributed by atoms with van der Waals surface area (Å²) in [5.74, 6) is 0. The molecule has 0 spiro atoms. The third kappa shape index (κ3) is 4.45. The van der Waals surface area contributed by atoms with Gasteiger partial charge in [0.15, 0.2) is 0 Å². The first-order valence-electron chi connectivity index (χ1n) is 10.2. The Labute approximate surface area is 202 Å². The van der Waals surface area contributed by atoms with Gasteiger partial charge in [0.2, 0.25) is 5.69 Å². The third-order valence-corrected chi connectivity index (χ3v) is 6.17. The Bertz CT molecular complexity index is 1340. The monoisotopic (exact) mass is 468 g/mol. The van der Waals surface area contributed by atoms with Gasteiger partial charge in [-0.2, -0.15) is 5.26 Å². The largest absolute Gasteiger partial charge is 0.252 e. The van der Waals surface area contributed by atoms with Crippen molar-refractivity contribution in [1.29, 1.82) is 5.26 Å². The molecule has 4 rings (SSSR count). The number of pyridine rings is 2. The SMILES string of the molecule is [C-]#[N+]c1cc(-c2cccc(C(C)(C)c3cccc(-c4ccc(Cl)c(C#N)c4)n3)n2)ccc1Cl. The van der Waals surface area contributed by atoms with Crippen LogP contribution in [0.1, 0.15) is 30.8 Å². The number of halogens is 2. The maximum Gasteiger partial charge on any atom is 0.206 e. The second kappa shape index (κ2) is 9.04. The highest BCUT2D eigenvalue weighted by atomic mass is 35.5. The number of hydrogen-bond donors (Lipinski definition) is 0. The van der Waals surface area contributed by atoms with E-state index in [2.05, 4.69) is 24.8 Å². The van der Waals surface area contributed by atoms with E-state index in [1.165, 1.54) is 0 Å². The molecule has 0 aliphatic heterocycles. The first kappa shape index (κ1) is 22.5.